The molecule has 1 unspecified atom stereocenters. The lowest BCUT2D eigenvalue weighted by Crippen LogP contribution is -2.19. The Hall–Kier alpha value is -2.22. The van der Waals surface area contributed by atoms with E-state index >= 15 is 0 Å². The van der Waals surface area contributed by atoms with Crippen LogP contribution in [0.1, 0.15) is 64.4 Å². The molecular weight excluding hydrogens is 354 g/mol. The van der Waals surface area contributed by atoms with Crippen LogP contribution in [0.15, 0.2) is 24.5 Å². The number of aliphatic hydroxyl groups is 1. The Bertz CT molecular complexity index is 721. The summed E-state index contributed by atoms with van der Waals surface area (Å²) in [6, 6.07) is 3.81. The fraction of sp³-hybridized carbons (Fsp3) is 0.524. The summed E-state index contributed by atoms with van der Waals surface area (Å²) in [7, 11) is 1.50. The van der Waals surface area contributed by atoms with Gasteiger partial charge in [0.25, 0.3) is 0 Å². The van der Waals surface area contributed by atoms with E-state index in [1.54, 1.807) is 26.2 Å². The van der Waals surface area contributed by atoms with E-state index in [0.29, 0.717) is 17.2 Å². The second-order valence-corrected chi connectivity index (χ2v) is 7.13. The maximum absolute atomic E-state index is 9.94. The number of nitrogens with two attached hydrogens (primary N) is 3. The SMILES string of the molecule is CC(C)(O)c1ncc(-c2cc(N)c(N)c(C3CCCO3)c2)cn1.CCC.CN. The Balaban J connectivity index is 0.000000717. The predicted molar refractivity (Wildman–Crippen MR) is 116 cm³/mol. The van der Waals surface area contributed by atoms with Crippen molar-refractivity contribution in [1.82, 2.24) is 9.97 Å². The molecule has 1 aromatic heterocycles. The van der Waals surface area contributed by atoms with E-state index in [0.717, 1.165) is 36.1 Å². The van der Waals surface area contributed by atoms with Crippen molar-refractivity contribution in [1.29, 1.82) is 0 Å². The molecular formula is C21H35N5O2. The molecule has 2 aromatic rings. The van der Waals surface area contributed by atoms with E-state index < -0.39 is 5.60 Å². The normalized spacial score (nSPS) is 15.9. The first-order valence-electron chi connectivity index (χ1n) is 9.71. The first-order chi connectivity index (χ1) is 13.3. The molecule has 1 aliphatic heterocycles. The fourth-order valence-corrected chi connectivity index (χ4v) is 2.75. The van der Waals surface area contributed by atoms with Gasteiger partial charge in [-0.1, -0.05) is 20.3 Å². The summed E-state index contributed by atoms with van der Waals surface area (Å²) < 4.78 is 5.73. The second-order valence-electron chi connectivity index (χ2n) is 7.13. The Morgan fingerprint density at radius 3 is 2.14 bits per heavy atom. The van der Waals surface area contributed by atoms with Crippen LogP contribution in [0.5, 0.6) is 0 Å². The minimum atomic E-state index is -1.07. The third-order valence-electron chi connectivity index (χ3n) is 4.05. The molecule has 0 amide bonds. The van der Waals surface area contributed by atoms with Crippen molar-refractivity contribution in [3.8, 4) is 11.1 Å². The molecule has 7 nitrogen and oxygen atoms in total. The van der Waals surface area contributed by atoms with Gasteiger partial charge in [-0.05, 0) is 51.4 Å². The van der Waals surface area contributed by atoms with E-state index in [1.165, 1.54) is 13.5 Å². The number of ether oxygens (including phenoxy) is 1. The molecule has 1 aliphatic rings. The molecule has 156 valence electrons. The van der Waals surface area contributed by atoms with E-state index in [2.05, 4.69) is 29.5 Å². The molecule has 0 aliphatic carbocycles. The summed E-state index contributed by atoms with van der Waals surface area (Å²) in [4.78, 5) is 8.48. The van der Waals surface area contributed by atoms with Gasteiger partial charge in [0.05, 0.1) is 17.5 Å². The highest BCUT2D eigenvalue weighted by Crippen LogP contribution is 2.38. The molecule has 28 heavy (non-hydrogen) atoms. The topological polar surface area (TPSA) is 133 Å². The zero-order valence-electron chi connectivity index (χ0n) is 17.7. The molecule has 0 spiro atoms. The monoisotopic (exact) mass is 389 g/mol. The van der Waals surface area contributed by atoms with Crippen molar-refractivity contribution in [3.05, 3.63) is 35.9 Å². The lowest BCUT2D eigenvalue weighted by atomic mass is 9.98. The van der Waals surface area contributed by atoms with Crippen LogP contribution < -0.4 is 17.2 Å². The maximum atomic E-state index is 9.94. The molecule has 2 heterocycles. The van der Waals surface area contributed by atoms with Crippen LogP contribution in [-0.4, -0.2) is 28.7 Å². The van der Waals surface area contributed by atoms with Crippen LogP contribution in [0.4, 0.5) is 11.4 Å². The molecule has 7 N–H and O–H groups in total. The van der Waals surface area contributed by atoms with E-state index in [9.17, 15) is 5.11 Å². The predicted octanol–water partition coefficient (Wildman–Crippen LogP) is 3.38. The first-order valence-corrected chi connectivity index (χ1v) is 9.71. The van der Waals surface area contributed by atoms with Gasteiger partial charge in [0.2, 0.25) is 0 Å². The van der Waals surface area contributed by atoms with Gasteiger partial charge in [-0.3, -0.25) is 0 Å². The van der Waals surface area contributed by atoms with Gasteiger partial charge in [-0.2, -0.15) is 0 Å². The van der Waals surface area contributed by atoms with Crippen molar-refractivity contribution in [2.75, 3.05) is 25.1 Å². The number of benzene rings is 1. The number of nitrogen functional groups attached to an aromatic ring is 2. The largest absolute Gasteiger partial charge is 0.397 e. The summed E-state index contributed by atoms with van der Waals surface area (Å²) in [6.45, 7) is 8.30. The summed E-state index contributed by atoms with van der Waals surface area (Å²) in [5.74, 6) is 0.379. The van der Waals surface area contributed by atoms with E-state index in [4.69, 9.17) is 16.2 Å². The molecule has 1 fully saturated rings. The van der Waals surface area contributed by atoms with Crippen LogP contribution in [-0.2, 0) is 10.3 Å². The zero-order chi connectivity index (χ0) is 21.3. The number of hydrogen-bond acceptors (Lipinski definition) is 7. The highest BCUT2D eigenvalue weighted by Gasteiger charge is 2.23. The molecule has 3 rings (SSSR count). The summed E-state index contributed by atoms with van der Waals surface area (Å²) in [5.41, 5.74) is 19.4. The molecule has 0 bridgehead atoms. The first kappa shape index (κ1) is 23.8. The van der Waals surface area contributed by atoms with Crippen LogP contribution >= 0.6 is 0 Å². The summed E-state index contributed by atoms with van der Waals surface area (Å²) in [5, 5.41) is 9.94. The third-order valence-corrected chi connectivity index (χ3v) is 4.05. The second kappa shape index (κ2) is 10.9. The highest BCUT2D eigenvalue weighted by molar-refractivity contribution is 5.77. The van der Waals surface area contributed by atoms with Gasteiger partial charge in [-0.15, -0.1) is 0 Å². The number of nitrogens with zero attached hydrogens (tertiary/aromatic N) is 2. The Morgan fingerprint density at radius 1 is 1.11 bits per heavy atom. The number of rotatable bonds is 3. The highest BCUT2D eigenvalue weighted by atomic mass is 16.5. The Morgan fingerprint density at radius 2 is 1.68 bits per heavy atom. The Kier molecular flexibility index (Phi) is 9.31. The third kappa shape index (κ3) is 6.15. The van der Waals surface area contributed by atoms with Crippen LogP contribution in [0.3, 0.4) is 0 Å². The zero-order valence-corrected chi connectivity index (χ0v) is 17.7. The molecule has 0 saturated carbocycles. The van der Waals surface area contributed by atoms with E-state index in [1.807, 2.05) is 12.1 Å². The summed E-state index contributed by atoms with van der Waals surface area (Å²) in [6.07, 6.45) is 6.59. The molecule has 1 atom stereocenters. The van der Waals surface area contributed by atoms with Gasteiger partial charge >= 0.3 is 0 Å². The standard InChI is InChI=1S/C17H22N4O2.C3H8.CH5N/c1-17(2,22)16-20-8-11(9-21-16)10-6-12(14-4-3-5-23-14)15(19)13(18)7-10;1-3-2;1-2/h6-9,14,22H,3-5,18-19H2,1-2H3;3H2,1-2H3;2H2,1H3. The van der Waals surface area contributed by atoms with Gasteiger partial charge < -0.3 is 27.0 Å². The molecule has 0 radical (unpaired) electrons. The van der Waals surface area contributed by atoms with Crippen molar-refractivity contribution < 1.29 is 9.84 Å². The Labute approximate surface area is 168 Å². The van der Waals surface area contributed by atoms with E-state index in [-0.39, 0.29) is 6.10 Å². The van der Waals surface area contributed by atoms with Crippen molar-refractivity contribution in [2.24, 2.45) is 5.73 Å². The van der Waals surface area contributed by atoms with Crippen molar-refractivity contribution in [2.45, 2.75) is 58.7 Å². The average Bonchev–Trinajstić information content (AvgIpc) is 3.20. The molecule has 1 aromatic carbocycles. The minimum absolute atomic E-state index is 0.00573. The fourth-order valence-electron chi connectivity index (χ4n) is 2.75. The maximum Gasteiger partial charge on any atom is 0.159 e. The average molecular weight is 390 g/mol. The van der Waals surface area contributed by atoms with Crippen LogP contribution in [0.25, 0.3) is 11.1 Å². The minimum Gasteiger partial charge on any atom is -0.397 e. The van der Waals surface area contributed by atoms with Gasteiger partial charge in [0.15, 0.2) is 5.82 Å². The molecule has 1 saturated heterocycles. The van der Waals surface area contributed by atoms with Crippen molar-refractivity contribution in [3.63, 3.8) is 0 Å². The van der Waals surface area contributed by atoms with Crippen LogP contribution in [0, 0.1) is 0 Å². The summed E-state index contributed by atoms with van der Waals surface area (Å²) >= 11 is 0. The van der Waals surface area contributed by atoms with Gasteiger partial charge in [0, 0.05) is 30.1 Å². The lowest BCUT2D eigenvalue weighted by molar-refractivity contribution is 0.0687. The number of anilines is 2. The van der Waals surface area contributed by atoms with Gasteiger partial charge in [-0.25, -0.2) is 9.97 Å². The van der Waals surface area contributed by atoms with Gasteiger partial charge in [0.1, 0.15) is 5.60 Å². The quantitative estimate of drug-likeness (QED) is 0.591. The van der Waals surface area contributed by atoms with Crippen molar-refractivity contribution >= 4 is 11.4 Å². The lowest BCUT2D eigenvalue weighted by Gasteiger charge is -2.17. The molecule has 7 heteroatoms. The number of aromatic nitrogens is 2. The smallest absolute Gasteiger partial charge is 0.159 e. The number of hydrogen-bond donors (Lipinski definition) is 4. The van der Waals surface area contributed by atoms with Crippen LogP contribution in [0.2, 0.25) is 0 Å².